The average molecular weight is 339 g/mol. The summed E-state index contributed by atoms with van der Waals surface area (Å²) >= 11 is 0. The summed E-state index contributed by atoms with van der Waals surface area (Å²) in [6, 6.07) is 13.7. The minimum absolute atomic E-state index is 0.0947. The molecule has 0 atom stereocenters. The molecule has 0 bridgehead atoms. The number of hydrogen-bond acceptors (Lipinski definition) is 4. The SMILES string of the molecule is COc1cc(C(=O)O)ccc1C#CCNC(=O)OCc1ccccc1. The molecule has 2 rings (SSSR count). The van der Waals surface area contributed by atoms with Gasteiger partial charge in [0, 0.05) is 0 Å². The summed E-state index contributed by atoms with van der Waals surface area (Å²) in [5.41, 5.74) is 1.55. The Morgan fingerprint density at radius 2 is 1.92 bits per heavy atom. The Balaban J connectivity index is 1.85. The van der Waals surface area contributed by atoms with E-state index in [0.29, 0.717) is 11.3 Å². The van der Waals surface area contributed by atoms with Gasteiger partial charge in [0.05, 0.1) is 24.8 Å². The van der Waals surface area contributed by atoms with Gasteiger partial charge in [0.15, 0.2) is 0 Å². The van der Waals surface area contributed by atoms with Crippen molar-refractivity contribution < 1.29 is 24.2 Å². The first kappa shape index (κ1) is 17.9. The Bertz CT molecular complexity index is 806. The number of ether oxygens (including phenoxy) is 2. The van der Waals surface area contributed by atoms with Crippen molar-refractivity contribution in [1.82, 2.24) is 5.32 Å². The molecule has 0 saturated heterocycles. The van der Waals surface area contributed by atoms with Crippen molar-refractivity contribution in [2.75, 3.05) is 13.7 Å². The van der Waals surface area contributed by atoms with Gasteiger partial charge in [-0.1, -0.05) is 42.2 Å². The second-order valence-electron chi connectivity index (χ2n) is 4.94. The molecule has 128 valence electrons. The summed E-state index contributed by atoms with van der Waals surface area (Å²) < 4.78 is 10.2. The number of carbonyl (C=O) groups is 2. The largest absolute Gasteiger partial charge is 0.495 e. The van der Waals surface area contributed by atoms with Crippen molar-refractivity contribution in [3.63, 3.8) is 0 Å². The molecule has 1 amide bonds. The quantitative estimate of drug-likeness (QED) is 0.818. The number of alkyl carbamates (subject to hydrolysis) is 1. The van der Waals surface area contributed by atoms with Crippen LogP contribution < -0.4 is 10.1 Å². The number of carboxylic acid groups (broad SMARTS) is 1. The van der Waals surface area contributed by atoms with Crippen molar-refractivity contribution in [2.45, 2.75) is 6.61 Å². The van der Waals surface area contributed by atoms with Gasteiger partial charge in [0.25, 0.3) is 0 Å². The first-order valence-corrected chi connectivity index (χ1v) is 7.45. The van der Waals surface area contributed by atoms with Crippen molar-refractivity contribution in [3.05, 3.63) is 65.2 Å². The van der Waals surface area contributed by atoms with Crippen LogP contribution in [-0.4, -0.2) is 30.8 Å². The standard InChI is InChI=1S/C19H17NO5/c1-24-17-12-16(18(21)22)10-9-15(17)8-5-11-20-19(23)25-13-14-6-3-2-4-7-14/h2-4,6-7,9-10,12H,11,13H2,1H3,(H,20,23)(H,21,22). The van der Waals surface area contributed by atoms with E-state index in [4.69, 9.17) is 14.6 Å². The van der Waals surface area contributed by atoms with Crippen molar-refractivity contribution in [1.29, 1.82) is 0 Å². The molecule has 2 aromatic carbocycles. The lowest BCUT2D eigenvalue weighted by molar-refractivity contribution is 0.0696. The Morgan fingerprint density at radius 1 is 1.16 bits per heavy atom. The van der Waals surface area contributed by atoms with Crippen LogP contribution in [0.25, 0.3) is 0 Å². The Morgan fingerprint density at radius 3 is 2.60 bits per heavy atom. The fraction of sp³-hybridized carbons (Fsp3) is 0.158. The van der Waals surface area contributed by atoms with Gasteiger partial charge in [0.2, 0.25) is 0 Å². The molecule has 0 aliphatic heterocycles. The maximum absolute atomic E-state index is 11.6. The summed E-state index contributed by atoms with van der Waals surface area (Å²) in [6.45, 7) is 0.280. The summed E-state index contributed by atoms with van der Waals surface area (Å²) in [7, 11) is 1.44. The van der Waals surface area contributed by atoms with E-state index in [1.54, 1.807) is 6.07 Å². The van der Waals surface area contributed by atoms with Gasteiger partial charge in [-0.25, -0.2) is 9.59 Å². The van der Waals surface area contributed by atoms with Crippen LogP contribution in [0.15, 0.2) is 48.5 Å². The number of hydrogen-bond donors (Lipinski definition) is 2. The highest BCUT2D eigenvalue weighted by molar-refractivity contribution is 5.88. The molecular weight excluding hydrogens is 322 g/mol. The van der Waals surface area contributed by atoms with Crippen molar-refractivity contribution >= 4 is 12.1 Å². The van der Waals surface area contributed by atoms with Crippen LogP contribution in [-0.2, 0) is 11.3 Å². The van der Waals surface area contributed by atoms with E-state index in [9.17, 15) is 9.59 Å². The molecule has 2 N–H and O–H groups in total. The number of methoxy groups -OCH3 is 1. The number of carboxylic acids is 1. The molecule has 6 heteroatoms. The van der Waals surface area contributed by atoms with Crippen LogP contribution in [0.2, 0.25) is 0 Å². The molecule has 0 unspecified atom stereocenters. The first-order valence-electron chi connectivity index (χ1n) is 7.45. The third-order valence-corrected chi connectivity index (χ3v) is 3.21. The third-order valence-electron chi connectivity index (χ3n) is 3.21. The molecule has 2 aromatic rings. The Hall–Kier alpha value is -3.46. The van der Waals surface area contributed by atoms with E-state index in [-0.39, 0.29) is 18.7 Å². The lowest BCUT2D eigenvalue weighted by atomic mass is 10.1. The van der Waals surface area contributed by atoms with Crippen molar-refractivity contribution in [3.8, 4) is 17.6 Å². The van der Waals surface area contributed by atoms with E-state index in [0.717, 1.165) is 5.56 Å². The van der Waals surface area contributed by atoms with Crippen LogP contribution >= 0.6 is 0 Å². The van der Waals surface area contributed by atoms with Gasteiger partial charge in [0.1, 0.15) is 12.4 Å². The fourth-order valence-corrected chi connectivity index (χ4v) is 1.96. The van der Waals surface area contributed by atoms with Crippen LogP contribution in [0.5, 0.6) is 5.75 Å². The maximum Gasteiger partial charge on any atom is 0.408 e. The molecule has 0 aliphatic rings. The highest BCUT2D eigenvalue weighted by Gasteiger charge is 2.07. The second kappa shape index (κ2) is 8.99. The van der Waals surface area contributed by atoms with Gasteiger partial charge < -0.3 is 19.9 Å². The summed E-state index contributed by atoms with van der Waals surface area (Å²) in [4.78, 5) is 22.5. The zero-order valence-corrected chi connectivity index (χ0v) is 13.6. The second-order valence-corrected chi connectivity index (χ2v) is 4.94. The van der Waals surface area contributed by atoms with E-state index in [1.807, 2.05) is 30.3 Å². The molecular formula is C19H17NO5. The predicted molar refractivity (Wildman–Crippen MR) is 91.5 cm³/mol. The normalized spacial score (nSPS) is 9.48. The monoisotopic (exact) mass is 339 g/mol. The number of aromatic carboxylic acids is 1. The fourth-order valence-electron chi connectivity index (χ4n) is 1.96. The predicted octanol–water partition coefficient (Wildman–Crippen LogP) is 2.67. The van der Waals surface area contributed by atoms with Gasteiger partial charge in [-0.05, 0) is 23.8 Å². The van der Waals surface area contributed by atoms with Crippen LogP contribution in [0, 0.1) is 11.8 Å². The minimum atomic E-state index is -1.04. The molecule has 0 fully saturated rings. The lowest BCUT2D eigenvalue weighted by Crippen LogP contribution is -2.24. The number of carbonyl (C=O) groups excluding carboxylic acids is 1. The van der Waals surface area contributed by atoms with Crippen LogP contribution in [0.3, 0.4) is 0 Å². The van der Waals surface area contributed by atoms with Crippen LogP contribution in [0.4, 0.5) is 4.79 Å². The molecule has 0 radical (unpaired) electrons. The van der Waals surface area contributed by atoms with E-state index in [1.165, 1.54) is 19.2 Å². The van der Waals surface area contributed by atoms with E-state index < -0.39 is 12.1 Å². The minimum Gasteiger partial charge on any atom is -0.495 e. The highest BCUT2D eigenvalue weighted by Crippen LogP contribution is 2.19. The van der Waals surface area contributed by atoms with Gasteiger partial charge >= 0.3 is 12.1 Å². The van der Waals surface area contributed by atoms with Gasteiger partial charge in [-0.15, -0.1) is 0 Å². The Labute approximate surface area is 145 Å². The zero-order valence-electron chi connectivity index (χ0n) is 13.6. The molecule has 25 heavy (non-hydrogen) atoms. The molecule has 6 nitrogen and oxygen atoms in total. The van der Waals surface area contributed by atoms with Gasteiger partial charge in [-0.3, -0.25) is 0 Å². The topological polar surface area (TPSA) is 84.9 Å². The van der Waals surface area contributed by atoms with Crippen molar-refractivity contribution in [2.24, 2.45) is 0 Å². The maximum atomic E-state index is 11.6. The summed E-state index contributed by atoms with van der Waals surface area (Å²) in [5.74, 6) is 4.91. The Kier molecular flexibility index (Phi) is 6.43. The highest BCUT2D eigenvalue weighted by atomic mass is 16.5. The number of amides is 1. The molecule has 0 aliphatic carbocycles. The molecule has 0 spiro atoms. The molecule has 0 saturated carbocycles. The lowest BCUT2D eigenvalue weighted by Gasteiger charge is -2.05. The number of rotatable bonds is 5. The van der Waals surface area contributed by atoms with Gasteiger partial charge in [-0.2, -0.15) is 0 Å². The number of nitrogens with one attached hydrogen (secondary N) is 1. The average Bonchev–Trinajstić information content (AvgIpc) is 2.64. The number of benzene rings is 2. The zero-order chi connectivity index (χ0) is 18.1. The van der Waals surface area contributed by atoms with E-state index >= 15 is 0 Å². The van der Waals surface area contributed by atoms with E-state index in [2.05, 4.69) is 17.2 Å². The third kappa shape index (κ3) is 5.59. The smallest absolute Gasteiger partial charge is 0.408 e. The van der Waals surface area contributed by atoms with Crippen LogP contribution in [0.1, 0.15) is 21.5 Å². The molecule has 0 aromatic heterocycles. The summed E-state index contributed by atoms with van der Waals surface area (Å²) in [5, 5.41) is 11.5. The first-order chi connectivity index (χ1) is 12.1. The summed E-state index contributed by atoms with van der Waals surface area (Å²) in [6.07, 6.45) is -0.564. The molecule has 0 heterocycles.